The quantitative estimate of drug-likeness (QED) is 0.850. The highest BCUT2D eigenvalue weighted by Crippen LogP contribution is 2.59. The lowest BCUT2D eigenvalue weighted by molar-refractivity contribution is -0.0476. The summed E-state index contributed by atoms with van der Waals surface area (Å²) >= 11 is 0. The van der Waals surface area contributed by atoms with Gasteiger partial charge in [-0.1, -0.05) is 6.07 Å². The topological polar surface area (TPSA) is 26.0 Å². The number of nitrogens with two attached hydrogens (primary N) is 1. The van der Waals surface area contributed by atoms with Crippen molar-refractivity contribution in [2.45, 2.75) is 52.0 Å². The lowest BCUT2D eigenvalue weighted by atomic mass is 9.50. The monoisotopic (exact) mass is 287 g/mol. The highest BCUT2D eigenvalue weighted by atomic mass is 19.1. The zero-order chi connectivity index (χ0) is 14.7. The van der Waals surface area contributed by atoms with E-state index in [0.717, 1.165) is 40.4 Å². The van der Waals surface area contributed by atoms with Gasteiger partial charge in [-0.25, -0.2) is 4.39 Å². The average Bonchev–Trinajstić information content (AvgIpc) is 2.35. The van der Waals surface area contributed by atoms with Crippen LogP contribution in [0.2, 0.25) is 0 Å². The first kappa shape index (κ1) is 13.8. The Morgan fingerprint density at radius 3 is 2.10 bits per heavy atom. The van der Waals surface area contributed by atoms with Gasteiger partial charge in [-0.05, 0) is 92.7 Å². The van der Waals surface area contributed by atoms with E-state index < -0.39 is 0 Å². The van der Waals surface area contributed by atoms with Gasteiger partial charge in [0.2, 0.25) is 0 Å². The van der Waals surface area contributed by atoms with E-state index in [-0.39, 0.29) is 11.9 Å². The second-order valence-electron chi connectivity index (χ2n) is 8.01. The fourth-order valence-electron chi connectivity index (χ4n) is 6.10. The van der Waals surface area contributed by atoms with Gasteiger partial charge in [0, 0.05) is 11.6 Å². The third kappa shape index (κ3) is 2.14. The van der Waals surface area contributed by atoms with Crippen LogP contribution in [-0.2, 0) is 0 Å². The highest BCUT2D eigenvalue weighted by Gasteiger charge is 2.50. The second kappa shape index (κ2) is 4.81. The fraction of sp³-hybridized carbons (Fsp3) is 0.684. The van der Waals surface area contributed by atoms with Crippen molar-refractivity contribution in [2.24, 2.45) is 35.3 Å². The minimum absolute atomic E-state index is 0.0891. The molecule has 114 valence electrons. The number of benzene rings is 1. The molecule has 0 saturated heterocycles. The Hall–Kier alpha value is -0.890. The minimum Gasteiger partial charge on any atom is -0.324 e. The molecule has 4 aliphatic rings. The molecule has 4 saturated carbocycles. The normalized spacial score (nSPS) is 38.8. The molecule has 0 spiro atoms. The molecule has 0 aliphatic heterocycles. The van der Waals surface area contributed by atoms with Crippen LogP contribution in [0.5, 0.6) is 0 Å². The smallest absolute Gasteiger partial charge is 0.128 e. The summed E-state index contributed by atoms with van der Waals surface area (Å²) in [5.74, 6) is 3.80. The first-order valence-electron chi connectivity index (χ1n) is 8.55. The van der Waals surface area contributed by atoms with Crippen molar-refractivity contribution in [1.29, 1.82) is 0 Å². The zero-order valence-electron chi connectivity index (χ0n) is 13.1. The third-order valence-corrected chi connectivity index (χ3v) is 6.53. The Bertz CT molecular complexity index is 514. The van der Waals surface area contributed by atoms with Crippen molar-refractivity contribution in [3.8, 4) is 0 Å². The number of rotatable bonds is 2. The van der Waals surface area contributed by atoms with E-state index >= 15 is 0 Å². The Morgan fingerprint density at radius 1 is 1.00 bits per heavy atom. The van der Waals surface area contributed by atoms with Gasteiger partial charge in [-0.15, -0.1) is 0 Å². The summed E-state index contributed by atoms with van der Waals surface area (Å²) in [6.07, 6.45) is 6.83. The summed E-state index contributed by atoms with van der Waals surface area (Å²) in [5.41, 5.74) is 9.45. The van der Waals surface area contributed by atoms with E-state index in [2.05, 4.69) is 6.07 Å². The van der Waals surface area contributed by atoms with Gasteiger partial charge < -0.3 is 5.73 Å². The first-order chi connectivity index (χ1) is 10.0. The molecule has 0 heterocycles. The Kier molecular flexibility index (Phi) is 3.15. The lowest BCUT2D eigenvalue weighted by Gasteiger charge is -2.56. The Labute approximate surface area is 127 Å². The molecule has 4 fully saturated rings. The molecule has 1 nitrogen and oxygen atoms in total. The lowest BCUT2D eigenvalue weighted by Crippen LogP contribution is -2.49. The van der Waals surface area contributed by atoms with Crippen LogP contribution >= 0.6 is 0 Å². The maximum Gasteiger partial charge on any atom is 0.128 e. The third-order valence-electron chi connectivity index (χ3n) is 6.53. The predicted molar refractivity (Wildman–Crippen MR) is 83.3 cm³/mol. The molecule has 4 bridgehead atoms. The molecule has 21 heavy (non-hydrogen) atoms. The van der Waals surface area contributed by atoms with Gasteiger partial charge in [-0.2, -0.15) is 0 Å². The summed E-state index contributed by atoms with van der Waals surface area (Å²) < 4.78 is 14.5. The summed E-state index contributed by atoms with van der Waals surface area (Å²) in [6.45, 7) is 3.97. The zero-order valence-corrected chi connectivity index (χ0v) is 13.1. The van der Waals surface area contributed by atoms with Crippen molar-refractivity contribution < 1.29 is 4.39 Å². The summed E-state index contributed by atoms with van der Waals surface area (Å²) in [6, 6.07) is 3.62. The molecule has 4 aliphatic carbocycles. The van der Waals surface area contributed by atoms with Crippen LogP contribution in [0, 0.1) is 49.3 Å². The van der Waals surface area contributed by atoms with Crippen molar-refractivity contribution in [3.05, 3.63) is 34.6 Å². The summed E-state index contributed by atoms with van der Waals surface area (Å²) in [7, 11) is 0. The van der Waals surface area contributed by atoms with E-state index in [4.69, 9.17) is 5.73 Å². The van der Waals surface area contributed by atoms with Gasteiger partial charge in [0.25, 0.3) is 0 Å². The predicted octanol–water partition coefficient (Wildman–Crippen LogP) is 4.51. The molecule has 5 rings (SSSR count). The van der Waals surface area contributed by atoms with Crippen molar-refractivity contribution in [3.63, 3.8) is 0 Å². The average molecular weight is 287 g/mol. The van der Waals surface area contributed by atoms with Crippen LogP contribution in [0.3, 0.4) is 0 Å². The second-order valence-corrected chi connectivity index (χ2v) is 8.01. The Morgan fingerprint density at radius 2 is 1.57 bits per heavy atom. The number of hydrogen-bond acceptors (Lipinski definition) is 1. The molecule has 0 radical (unpaired) electrons. The maximum absolute atomic E-state index is 14.5. The standard InChI is InChI=1S/C19H26FN/c1-10-3-11(2)17(16(20)4-10)19(21)18-14-6-12-5-13(8-14)9-15(18)7-12/h3-4,12-15,18-19H,5-9,21H2,1-2H3. The maximum atomic E-state index is 14.5. The molecule has 0 aromatic heterocycles. The van der Waals surface area contributed by atoms with Crippen LogP contribution in [0.4, 0.5) is 4.39 Å². The van der Waals surface area contributed by atoms with Crippen LogP contribution < -0.4 is 5.73 Å². The van der Waals surface area contributed by atoms with Gasteiger partial charge in [0.1, 0.15) is 5.82 Å². The van der Waals surface area contributed by atoms with Crippen molar-refractivity contribution in [2.75, 3.05) is 0 Å². The van der Waals surface area contributed by atoms with Crippen LogP contribution in [0.15, 0.2) is 12.1 Å². The van der Waals surface area contributed by atoms with Gasteiger partial charge >= 0.3 is 0 Å². The van der Waals surface area contributed by atoms with Gasteiger partial charge in [0.15, 0.2) is 0 Å². The van der Waals surface area contributed by atoms with E-state index in [1.165, 1.54) is 32.1 Å². The van der Waals surface area contributed by atoms with Crippen LogP contribution in [0.1, 0.15) is 54.8 Å². The molecular weight excluding hydrogens is 261 g/mol. The molecule has 2 N–H and O–H groups in total. The molecule has 1 atom stereocenters. The summed E-state index contributed by atoms with van der Waals surface area (Å²) in [5, 5.41) is 0. The molecular formula is C19H26FN. The van der Waals surface area contributed by atoms with E-state index in [1.54, 1.807) is 6.07 Å². The molecule has 1 unspecified atom stereocenters. The fourth-order valence-corrected chi connectivity index (χ4v) is 6.10. The van der Waals surface area contributed by atoms with E-state index in [0.29, 0.717) is 5.92 Å². The summed E-state index contributed by atoms with van der Waals surface area (Å²) in [4.78, 5) is 0. The van der Waals surface area contributed by atoms with Gasteiger partial charge in [0.05, 0.1) is 0 Å². The van der Waals surface area contributed by atoms with E-state index in [9.17, 15) is 4.39 Å². The highest BCUT2D eigenvalue weighted by molar-refractivity contribution is 5.35. The van der Waals surface area contributed by atoms with Gasteiger partial charge in [-0.3, -0.25) is 0 Å². The first-order valence-corrected chi connectivity index (χ1v) is 8.55. The largest absolute Gasteiger partial charge is 0.324 e. The number of aryl methyl sites for hydroxylation is 2. The molecule has 1 aromatic rings. The van der Waals surface area contributed by atoms with E-state index in [1.807, 2.05) is 13.8 Å². The molecule has 2 heteroatoms. The SMILES string of the molecule is Cc1cc(C)c(C(N)C2C3CC4CC(C3)CC2C4)c(F)c1. The Balaban J connectivity index is 1.68. The number of halogens is 1. The number of hydrogen-bond donors (Lipinski definition) is 1. The van der Waals surface area contributed by atoms with Crippen LogP contribution in [-0.4, -0.2) is 0 Å². The van der Waals surface area contributed by atoms with Crippen molar-refractivity contribution in [1.82, 2.24) is 0 Å². The van der Waals surface area contributed by atoms with Crippen LogP contribution in [0.25, 0.3) is 0 Å². The molecule has 1 aromatic carbocycles. The minimum atomic E-state index is -0.111. The molecule has 0 amide bonds. The van der Waals surface area contributed by atoms with Crippen molar-refractivity contribution >= 4 is 0 Å².